The first-order valence-electron chi connectivity index (χ1n) is 5.49. The van der Waals surface area contributed by atoms with Gasteiger partial charge in [0.25, 0.3) is 0 Å². The molecule has 70 valence electrons. The molecule has 0 saturated carbocycles. The number of rotatable bonds is 2. The highest BCUT2D eigenvalue weighted by atomic mass is 14.2. The summed E-state index contributed by atoms with van der Waals surface area (Å²) >= 11 is 0. The average Bonchev–Trinajstić information content (AvgIpc) is 2.19. The third-order valence-corrected chi connectivity index (χ3v) is 3.13. The molecule has 0 saturated heterocycles. The number of fused-ring (bicyclic) bond motifs is 1. The third-order valence-electron chi connectivity index (χ3n) is 3.13. The molecule has 0 N–H and O–H groups in total. The van der Waals surface area contributed by atoms with E-state index in [-0.39, 0.29) is 0 Å². The topological polar surface area (TPSA) is 0 Å². The van der Waals surface area contributed by atoms with Crippen molar-refractivity contribution in [2.75, 3.05) is 0 Å². The van der Waals surface area contributed by atoms with E-state index in [9.17, 15) is 0 Å². The minimum atomic E-state index is 0.856. The van der Waals surface area contributed by atoms with E-state index in [4.69, 9.17) is 0 Å². The van der Waals surface area contributed by atoms with Crippen LogP contribution in [0, 0.1) is 0 Å². The highest BCUT2D eigenvalue weighted by molar-refractivity contribution is 5.32. The normalized spacial score (nSPS) is 21.2. The van der Waals surface area contributed by atoms with Crippen molar-refractivity contribution >= 4 is 0 Å². The number of aryl methyl sites for hydroxylation is 1. The largest absolute Gasteiger partial charge is 0.0654 e. The smallest absolute Gasteiger partial charge is 0.0159 e. The summed E-state index contributed by atoms with van der Waals surface area (Å²) < 4.78 is 0. The van der Waals surface area contributed by atoms with E-state index in [0.717, 1.165) is 5.92 Å². The molecule has 0 spiro atoms. The molecule has 2 rings (SSSR count). The first-order chi connectivity index (χ1) is 6.42. The summed E-state index contributed by atoms with van der Waals surface area (Å²) in [5.41, 5.74) is 3.24. The molecule has 1 aliphatic carbocycles. The zero-order valence-corrected chi connectivity index (χ0v) is 8.42. The predicted octanol–water partition coefficient (Wildman–Crippen LogP) is 3.91. The summed E-state index contributed by atoms with van der Waals surface area (Å²) in [7, 11) is 0. The number of benzene rings is 1. The van der Waals surface area contributed by atoms with E-state index in [2.05, 4.69) is 31.2 Å². The Morgan fingerprint density at radius 3 is 3.00 bits per heavy atom. The van der Waals surface area contributed by atoms with Crippen molar-refractivity contribution in [3.63, 3.8) is 0 Å². The average molecular weight is 174 g/mol. The van der Waals surface area contributed by atoms with Gasteiger partial charge in [-0.25, -0.2) is 0 Å². The van der Waals surface area contributed by atoms with Gasteiger partial charge in [0.15, 0.2) is 0 Å². The Hall–Kier alpha value is -0.780. The van der Waals surface area contributed by atoms with Crippen LogP contribution in [0.25, 0.3) is 0 Å². The van der Waals surface area contributed by atoms with Gasteiger partial charge in [0.05, 0.1) is 0 Å². The van der Waals surface area contributed by atoms with E-state index in [1.807, 2.05) is 0 Å². The first kappa shape index (κ1) is 8.80. The molecular formula is C13H18. The van der Waals surface area contributed by atoms with Crippen LogP contribution >= 0.6 is 0 Å². The zero-order chi connectivity index (χ0) is 9.10. The SMILES string of the molecule is CCCC1CCCc2ccccc21. The maximum absolute atomic E-state index is 2.33. The fourth-order valence-corrected chi connectivity index (χ4v) is 2.50. The molecule has 0 bridgehead atoms. The van der Waals surface area contributed by atoms with Crippen molar-refractivity contribution in [2.24, 2.45) is 0 Å². The van der Waals surface area contributed by atoms with Gasteiger partial charge in [-0.05, 0) is 42.7 Å². The molecule has 0 aliphatic heterocycles. The lowest BCUT2D eigenvalue weighted by molar-refractivity contribution is 0.515. The van der Waals surface area contributed by atoms with Crippen LogP contribution in [0.4, 0.5) is 0 Å². The second-order valence-corrected chi connectivity index (χ2v) is 4.08. The molecule has 1 aliphatic rings. The first-order valence-corrected chi connectivity index (χ1v) is 5.49. The quantitative estimate of drug-likeness (QED) is 0.637. The Kier molecular flexibility index (Phi) is 2.68. The van der Waals surface area contributed by atoms with Crippen LogP contribution in [0.15, 0.2) is 24.3 Å². The summed E-state index contributed by atoms with van der Waals surface area (Å²) in [5.74, 6) is 0.856. The second-order valence-electron chi connectivity index (χ2n) is 4.08. The molecule has 1 atom stereocenters. The van der Waals surface area contributed by atoms with Crippen LogP contribution in [0.2, 0.25) is 0 Å². The molecule has 0 radical (unpaired) electrons. The highest BCUT2D eigenvalue weighted by Crippen LogP contribution is 2.34. The minimum absolute atomic E-state index is 0.856. The van der Waals surface area contributed by atoms with E-state index in [1.165, 1.54) is 32.1 Å². The van der Waals surface area contributed by atoms with E-state index in [0.29, 0.717) is 0 Å². The Morgan fingerprint density at radius 2 is 2.15 bits per heavy atom. The summed E-state index contributed by atoms with van der Waals surface area (Å²) in [6.07, 6.45) is 6.79. The van der Waals surface area contributed by atoms with Gasteiger partial charge in [0.2, 0.25) is 0 Å². The molecule has 0 heterocycles. The Balaban J connectivity index is 2.26. The lowest BCUT2D eigenvalue weighted by atomic mass is 9.81. The van der Waals surface area contributed by atoms with Crippen LogP contribution in [-0.2, 0) is 6.42 Å². The highest BCUT2D eigenvalue weighted by Gasteiger charge is 2.18. The Labute approximate surface area is 81.0 Å². The minimum Gasteiger partial charge on any atom is -0.0654 e. The van der Waals surface area contributed by atoms with Crippen LogP contribution < -0.4 is 0 Å². The maximum atomic E-state index is 2.33. The lowest BCUT2D eigenvalue weighted by Crippen LogP contribution is -2.09. The van der Waals surface area contributed by atoms with Gasteiger partial charge in [-0.1, -0.05) is 37.6 Å². The molecule has 1 unspecified atom stereocenters. The van der Waals surface area contributed by atoms with Gasteiger partial charge in [0.1, 0.15) is 0 Å². The second kappa shape index (κ2) is 3.95. The van der Waals surface area contributed by atoms with Crippen molar-refractivity contribution in [3.05, 3.63) is 35.4 Å². The maximum Gasteiger partial charge on any atom is -0.0159 e. The van der Waals surface area contributed by atoms with Crippen molar-refractivity contribution in [2.45, 2.75) is 44.9 Å². The fourth-order valence-electron chi connectivity index (χ4n) is 2.50. The molecule has 1 aromatic carbocycles. The van der Waals surface area contributed by atoms with Crippen LogP contribution in [0.5, 0.6) is 0 Å². The third kappa shape index (κ3) is 1.77. The summed E-state index contributed by atoms with van der Waals surface area (Å²) in [6.45, 7) is 2.29. The molecule has 0 fully saturated rings. The number of hydrogen-bond acceptors (Lipinski definition) is 0. The van der Waals surface area contributed by atoms with E-state index < -0.39 is 0 Å². The fraction of sp³-hybridized carbons (Fsp3) is 0.538. The van der Waals surface area contributed by atoms with Gasteiger partial charge in [-0.3, -0.25) is 0 Å². The molecule has 0 aromatic heterocycles. The lowest BCUT2D eigenvalue weighted by Gasteiger charge is -2.24. The van der Waals surface area contributed by atoms with Gasteiger partial charge < -0.3 is 0 Å². The van der Waals surface area contributed by atoms with E-state index >= 15 is 0 Å². The van der Waals surface area contributed by atoms with Gasteiger partial charge in [-0.15, -0.1) is 0 Å². The number of hydrogen-bond donors (Lipinski definition) is 0. The van der Waals surface area contributed by atoms with Crippen molar-refractivity contribution < 1.29 is 0 Å². The monoisotopic (exact) mass is 174 g/mol. The van der Waals surface area contributed by atoms with E-state index in [1.54, 1.807) is 11.1 Å². The molecule has 13 heavy (non-hydrogen) atoms. The molecule has 0 nitrogen and oxygen atoms in total. The van der Waals surface area contributed by atoms with Gasteiger partial charge in [-0.2, -0.15) is 0 Å². The van der Waals surface area contributed by atoms with Crippen LogP contribution in [0.3, 0.4) is 0 Å². The summed E-state index contributed by atoms with van der Waals surface area (Å²) in [4.78, 5) is 0. The predicted molar refractivity (Wildman–Crippen MR) is 57.0 cm³/mol. The molecule has 0 heteroatoms. The standard InChI is InChI=1S/C13H18/c1-2-6-11-8-5-9-12-7-3-4-10-13(11)12/h3-4,7,10-11H,2,5-6,8-9H2,1H3. The van der Waals surface area contributed by atoms with Crippen LogP contribution in [-0.4, -0.2) is 0 Å². The summed E-state index contributed by atoms with van der Waals surface area (Å²) in [5, 5.41) is 0. The van der Waals surface area contributed by atoms with Crippen molar-refractivity contribution in [1.82, 2.24) is 0 Å². The van der Waals surface area contributed by atoms with Crippen LogP contribution in [0.1, 0.15) is 49.7 Å². The molecular weight excluding hydrogens is 156 g/mol. The molecule has 1 aromatic rings. The Bertz CT molecular complexity index is 275. The van der Waals surface area contributed by atoms with Crippen molar-refractivity contribution in [3.8, 4) is 0 Å². The van der Waals surface area contributed by atoms with Gasteiger partial charge in [0, 0.05) is 0 Å². The Morgan fingerprint density at radius 1 is 1.31 bits per heavy atom. The molecule has 0 amide bonds. The summed E-state index contributed by atoms with van der Waals surface area (Å²) in [6, 6.07) is 8.99. The van der Waals surface area contributed by atoms with Gasteiger partial charge >= 0.3 is 0 Å². The zero-order valence-electron chi connectivity index (χ0n) is 8.42. The van der Waals surface area contributed by atoms with Crippen molar-refractivity contribution in [1.29, 1.82) is 0 Å².